The zero-order valence-corrected chi connectivity index (χ0v) is 4.60. The molecule has 0 spiro atoms. The van der Waals surface area contributed by atoms with E-state index in [-0.39, 0.29) is 12.1 Å². The van der Waals surface area contributed by atoms with Crippen molar-refractivity contribution in [3.05, 3.63) is 0 Å². The Balaban J connectivity index is 2.07. The quantitative estimate of drug-likeness (QED) is 0.358. The van der Waals surface area contributed by atoms with Gasteiger partial charge in [-0.1, -0.05) is 0 Å². The van der Waals surface area contributed by atoms with Crippen molar-refractivity contribution in [2.24, 2.45) is 0 Å². The molecule has 0 aromatic carbocycles. The minimum atomic E-state index is -0.187. The Morgan fingerprint density at radius 2 is 2.38 bits per heavy atom. The fraction of sp³-hybridized carbons (Fsp3) is 0.750. The van der Waals surface area contributed by atoms with Crippen molar-refractivity contribution >= 4 is 5.97 Å². The van der Waals surface area contributed by atoms with E-state index in [2.05, 4.69) is 15.6 Å². The lowest BCUT2D eigenvalue weighted by atomic mass is 10.4. The molecule has 4 heteroatoms. The van der Waals surface area contributed by atoms with E-state index in [0.717, 1.165) is 0 Å². The first-order chi connectivity index (χ1) is 3.83. The first-order valence-corrected chi connectivity index (χ1v) is 2.41. The highest BCUT2D eigenvalue weighted by atomic mass is 16.5. The Morgan fingerprint density at radius 3 is 2.75 bits per heavy atom. The third kappa shape index (κ3) is 1.48. The Kier molecular flexibility index (Phi) is 1.45. The summed E-state index contributed by atoms with van der Waals surface area (Å²) < 4.78 is 4.38. The highest BCUT2D eigenvalue weighted by Gasteiger charge is 2.22. The summed E-state index contributed by atoms with van der Waals surface area (Å²) in [6.45, 7) is 0. The van der Waals surface area contributed by atoms with Crippen molar-refractivity contribution in [1.29, 1.82) is 0 Å². The monoisotopic (exact) mass is 116 g/mol. The number of hydrazine groups is 1. The van der Waals surface area contributed by atoms with Crippen LogP contribution >= 0.6 is 0 Å². The molecule has 0 amide bonds. The van der Waals surface area contributed by atoms with Crippen molar-refractivity contribution in [3.8, 4) is 0 Å². The van der Waals surface area contributed by atoms with Crippen LogP contribution in [0.1, 0.15) is 6.42 Å². The molecule has 0 unspecified atom stereocenters. The van der Waals surface area contributed by atoms with Crippen LogP contribution in [0.3, 0.4) is 0 Å². The van der Waals surface area contributed by atoms with E-state index >= 15 is 0 Å². The van der Waals surface area contributed by atoms with Crippen LogP contribution in [-0.2, 0) is 9.53 Å². The second-order valence-corrected chi connectivity index (χ2v) is 1.62. The van der Waals surface area contributed by atoms with Crippen molar-refractivity contribution in [2.75, 3.05) is 7.11 Å². The molecule has 1 saturated heterocycles. The molecule has 0 aliphatic carbocycles. The first kappa shape index (κ1) is 5.53. The average molecular weight is 116 g/mol. The molecule has 0 radical (unpaired) electrons. The second-order valence-electron chi connectivity index (χ2n) is 1.62. The summed E-state index contributed by atoms with van der Waals surface area (Å²) >= 11 is 0. The molecule has 1 aliphatic rings. The van der Waals surface area contributed by atoms with Gasteiger partial charge in [0.05, 0.1) is 19.7 Å². The SMILES string of the molecule is COC(=O)CC1NN1. The molecule has 0 saturated carbocycles. The number of nitrogens with one attached hydrogen (secondary N) is 2. The lowest BCUT2D eigenvalue weighted by Crippen LogP contribution is -2.06. The number of rotatable bonds is 2. The number of ether oxygens (including phenoxy) is 1. The summed E-state index contributed by atoms with van der Waals surface area (Å²) in [5, 5.41) is 0. The van der Waals surface area contributed by atoms with Crippen LogP contribution in [0.4, 0.5) is 0 Å². The number of esters is 1. The van der Waals surface area contributed by atoms with E-state index in [1.807, 2.05) is 0 Å². The van der Waals surface area contributed by atoms with E-state index in [9.17, 15) is 4.79 Å². The van der Waals surface area contributed by atoms with Gasteiger partial charge in [0.15, 0.2) is 0 Å². The maximum atomic E-state index is 10.4. The van der Waals surface area contributed by atoms with Crippen LogP contribution in [0.15, 0.2) is 0 Å². The molecule has 1 fully saturated rings. The predicted octanol–water partition coefficient (Wildman–Crippen LogP) is -1.02. The van der Waals surface area contributed by atoms with Crippen molar-refractivity contribution < 1.29 is 9.53 Å². The van der Waals surface area contributed by atoms with Gasteiger partial charge in [-0.3, -0.25) is 4.79 Å². The highest BCUT2D eigenvalue weighted by molar-refractivity contribution is 5.70. The molecule has 1 rings (SSSR count). The molecule has 0 aromatic heterocycles. The number of carbonyl (C=O) groups is 1. The topological polar surface area (TPSA) is 70.2 Å². The van der Waals surface area contributed by atoms with E-state index in [0.29, 0.717) is 6.42 Å². The Labute approximate surface area is 47.2 Å². The van der Waals surface area contributed by atoms with Gasteiger partial charge in [-0.15, -0.1) is 0 Å². The maximum Gasteiger partial charge on any atom is 0.308 e. The van der Waals surface area contributed by atoms with E-state index in [4.69, 9.17) is 0 Å². The zero-order valence-electron chi connectivity index (χ0n) is 4.60. The van der Waals surface area contributed by atoms with E-state index in [1.54, 1.807) is 0 Å². The molecule has 0 bridgehead atoms. The number of methoxy groups -OCH3 is 1. The summed E-state index contributed by atoms with van der Waals surface area (Å²) in [7, 11) is 1.38. The van der Waals surface area contributed by atoms with Gasteiger partial charge in [0.2, 0.25) is 0 Å². The van der Waals surface area contributed by atoms with Gasteiger partial charge in [-0.25, -0.2) is 10.9 Å². The molecular formula is C4H8N2O2. The normalized spacial score (nSPS) is 18.1. The smallest absolute Gasteiger partial charge is 0.308 e. The lowest BCUT2D eigenvalue weighted by Gasteiger charge is -1.91. The van der Waals surface area contributed by atoms with Gasteiger partial charge in [0.1, 0.15) is 0 Å². The summed E-state index contributed by atoms with van der Waals surface area (Å²) in [5.74, 6) is -0.187. The van der Waals surface area contributed by atoms with E-state index < -0.39 is 0 Å². The minimum Gasteiger partial charge on any atom is -0.469 e. The number of hydrogen-bond donors (Lipinski definition) is 2. The molecule has 4 nitrogen and oxygen atoms in total. The Morgan fingerprint density at radius 1 is 1.75 bits per heavy atom. The molecular weight excluding hydrogens is 108 g/mol. The second kappa shape index (κ2) is 2.11. The van der Waals surface area contributed by atoms with E-state index in [1.165, 1.54) is 7.11 Å². The first-order valence-electron chi connectivity index (χ1n) is 2.41. The van der Waals surface area contributed by atoms with Crippen LogP contribution in [0.5, 0.6) is 0 Å². The Bertz CT molecular complexity index is 100. The minimum absolute atomic E-state index is 0.155. The van der Waals surface area contributed by atoms with Gasteiger partial charge in [-0.05, 0) is 0 Å². The van der Waals surface area contributed by atoms with Crippen molar-refractivity contribution in [2.45, 2.75) is 12.6 Å². The zero-order chi connectivity index (χ0) is 5.98. The molecule has 8 heavy (non-hydrogen) atoms. The molecule has 1 aliphatic heterocycles. The molecule has 2 N–H and O–H groups in total. The average Bonchev–Trinajstić information content (AvgIpc) is 2.50. The highest BCUT2D eigenvalue weighted by Crippen LogP contribution is 1.95. The van der Waals surface area contributed by atoms with Crippen molar-refractivity contribution in [3.63, 3.8) is 0 Å². The fourth-order valence-corrected chi connectivity index (χ4v) is 0.411. The number of hydrogen-bond acceptors (Lipinski definition) is 4. The summed E-state index contributed by atoms with van der Waals surface area (Å²) in [5.41, 5.74) is 5.50. The van der Waals surface area contributed by atoms with Gasteiger partial charge >= 0.3 is 5.97 Å². The third-order valence-corrected chi connectivity index (χ3v) is 0.947. The predicted molar refractivity (Wildman–Crippen MR) is 26.7 cm³/mol. The molecule has 1 heterocycles. The van der Waals surface area contributed by atoms with Crippen molar-refractivity contribution in [1.82, 2.24) is 10.9 Å². The summed E-state index contributed by atoms with van der Waals surface area (Å²) in [4.78, 5) is 10.4. The Hall–Kier alpha value is -0.610. The fourth-order valence-electron chi connectivity index (χ4n) is 0.411. The van der Waals surface area contributed by atoms with Crippen LogP contribution in [0.2, 0.25) is 0 Å². The molecule has 0 aromatic rings. The van der Waals surface area contributed by atoms with Gasteiger partial charge in [0, 0.05) is 0 Å². The third-order valence-electron chi connectivity index (χ3n) is 0.947. The largest absolute Gasteiger partial charge is 0.469 e. The standard InChI is InChI=1S/C4H8N2O2/c1-8-4(7)2-3-5-6-3/h3,5-6H,2H2,1H3. The van der Waals surface area contributed by atoms with Gasteiger partial charge < -0.3 is 4.74 Å². The van der Waals surface area contributed by atoms with Crippen LogP contribution in [-0.4, -0.2) is 19.2 Å². The maximum absolute atomic E-state index is 10.4. The van der Waals surface area contributed by atoms with Crippen LogP contribution in [0, 0.1) is 0 Å². The summed E-state index contributed by atoms with van der Waals surface area (Å²) in [6.07, 6.45) is 0.568. The van der Waals surface area contributed by atoms with Gasteiger partial charge in [0.25, 0.3) is 0 Å². The number of carbonyl (C=O) groups excluding carboxylic acids is 1. The van der Waals surface area contributed by atoms with Gasteiger partial charge in [-0.2, -0.15) is 0 Å². The van der Waals surface area contributed by atoms with Crippen LogP contribution < -0.4 is 10.9 Å². The molecule has 46 valence electrons. The lowest BCUT2D eigenvalue weighted by molar-refractivity contribution is -0.140. The molecule has 0 atom stereocenters. The summed E-state index contributed by atoms with van der Waals surface area (Å²) in [6, 6.07) is 0. The van der Waals surface area contributed by atoms with Crippen LogP contribution in [0.25, 0.3) is 0 Å².